The van der Waals surface area contributed by atoms with Gasteiger partial charge in [0.15, 0.2) is 5.16 Å². The molecule has 0 N–H and O–H groups in total. The van der Waals surface area contributed by atoms with E-state index in [1.165, 1.54) is 11.8 Å². The average molecular weight is 398 g/mol. The third-order valence-corrected chi connectivity index (χ3v) is 5.43. The van der Waals surface area contributed by atoms with Crippen LogP contribution in [-0.4, -0.2) is 24.9 Å². The molecule has 0 aliphatic carbocycles. The monoisotopic (exact) mass is 397 g/mol. The predicted octanol–water partition coefficient (Wildman–Crippen LogP) is 3.94. The zero-order chi connectivity index (χ0) is 15.5. The highest BCUT2D eigenvalue weighted by Crippen LogP contribution is 2.28. The first-order valence-electron chi connectivity index (χ1n) is 6.38. The van der Waals surface area contributed by atoms with Gasteiger partial charge in [0.25, 0.3) is 0 Å². The molecule has 0 bridgehead atoms. The smallest absolute Gasteiger partial charge is 0.237 e. The summed E-state index contributed by atoms with van der Waals surface area (Å²) in [4.78, 5) is 5.37. The van der Waals surface area contributed by atoms with E-state index in [4.69, 9.17) is 4.52 Å². The van der Waals surface area contributed by atoms with Gasteiger partial charge < -0.3 is 9.09 Å². The Morgan fingerprint density at radius 2 is 2.36 bits per heavy atom. The predicted molar refractivity (Wildman–Crippen MR) is 89.8 cm³/mol. The van der Waals surface area contributed by atoms with Crippen molar-refractivity contribution in [2.45, 2.75) is 24.4 Å². The number of hydrogen-bond donors (Lipinski definition) is 0. The Bertz CT molecular complexity index is 794. The summed E-state index contributed by atoms with van der Waals surface area (Å²) in [6.45, 7) is 6.34. The highest BCUT2D eigenvalue weighted by molar-refractivity contribution is 9.10. The third kappa shape index (κ3) is 3.31. The first-order chi connectivity index (χ1) is 10.7. The number of thiophene rings is 1. The fourth-order valence-electron chi connectivity index (χ4n) is 1.78. The molecule has 114 valence electrons. The van der Waals surface area contributed by atoms with E-state index in [0.717, 1.165) is 20.3 Å². The quantitative estimate of drug-likeness (QED) is 0.463. The van der Waals surface area contributed by atoms with Gasteiger partial charge in [-0.05, 0) is 28.9 Å². The maximum atomic E-state index is 5.29. The molecule has 0 fully saturated rings. The second-order valence-electron chi connectivity index (χ2n) is 4.36. The van der Waals surface area contributed by atoms with Crippen LogP contribution in [0.1, 0.15) is 11.7 Å². The molecule has 3 aromatic heterocycles. The van der Waals surface area contributed by atoms with Gasteiger partial charge in [-0.3, -0.25) is 0 Å². The third-order valence-electron chi connectivity index (χ3n) is 2.79. The van der Waals surface area contributed by atoms with Gasteiger partial charge in [-0.25, -0.2) is 0 Å². The minimum absolute atomic E-state index is 0.550. The lowest BCUT2D eigenvalue weighted by Crippen LogP contribution is -2.00. The zero-order valence-electron chi connectivity index (χ0n) is 11.7. The van der Waals surface area contributed by atoms with E-state index < -0.39 is 0 Å². The van der Waals surface area contributed by atoms with Crippen LogP contribution in [0.5, 0.6) is 0 Å². The summed E-state index contributed by atoms with van der Waals surface area (Å²) in [5.74, 6) is 2.58. The summed E-state index contributed by atoms with van der Waals surface area (Å²) in [6.07, 6.45) is 1.82. The van der Waals surface area contributed by atoms with Crippen LogP contribution in [0.15, 0.2) is 38.3 Å². The summed E-state index contributed by atoms with van der Waals surface area (Å²) in [5.41, 5.74) is 0. The number of rotatable bonds is 6. The number of thioether (sulfide) groups is 1. The van der Waals surface area contributed by atoms with Gasteiger partial charge in [0.2, 0.25) is 11.7 Å². The maximum Gasteiger partial charge on any atom is 0.237 e. The number of hydrogen-bond acceptors (Lipinski definition) is 7. The molecule has 3 rings (SSSR count). The minimum atomic E-state index is 0.550. The van der Waals surface area contributed by atoms with Gasteiger partial charge in [-0.1, -0.05) is 23.0 Å². The van der Waals surface area contributed by atoms with Crippen molar-refractivity contribution in [2.75, 3.05) is 0 Å². The Kier molecular flexibility index (Phi) is 4.74. The molecule has 3 aromatic rings. The van der Waals surface area contributed by atoms with E-state index >= 15 is 0 Å². The van der Waals surface area contributed by atoms with Gasteiger partial charge in [-0.15, -0.1) is 28.1 Å². The molecule has 0 saturated heterocycles. The van der Waals surface area contributed by atoms with E-state index in [1.807, 2.05) is 29.0 Å². The first kappa shape index (κ1) is 15.4. The molecule has 0 unspecified atom stereocenters. The van der Waals surface area contributed by atoms with E-state index in [2.05, 4.69) is 42.8 Å². The molecule has 6 nitrogen and oxygen atoms in total. The van der Waals surface area contributed by atoms with Crippen LogP contribution in [-0.2, 0) is 12.3 Å². The molecule has 0 aliphatic heterocycles. The number of aromatic nitrogens is 5. The van der Waals surface area contributed by atoms with E-state index in [1.54, 1.807) is 11.3 Å². The summed E-state index contributed by atoms with van der Waals surface area (Å²) in [5, 5.41) is 15.0. The lowest BCUT2D eigenvalue weighted by atomic mass is 10.4. The molecule has 0 radical (unpaired) electrons. The number of nitrogens with zero attached hydrogens (tertiary/aromatic N) is 5. The van der Waals surface area contributed by atoms with Crippen molar-refractivity contribution in [1.29, 1.82) is 0 Å². The Hall–Kier alpha value is -1.45. The Labute approximate surface area is 143 Å². The van der Waals surface area contributed by atoms with Crippen molar-refractivity contribution >= 4 is 39.0 Å². The van der Waals surface area contributed by atoms with Crippen LogP contribution in [0, 0.1) is 6.92 Å². The van der Waals surface area contributed by atoms with Crippen LogP contribution >= 0.6 is 39.0 Å². The van der Waals surface area contributed by atoms with Crippen molar-refractivity contribution in [3.05, 3.63) is 40.3 Å². The van der Waals surface area contributed by atoms with Gasteiger partial charge >= 0.3 is 0 Å². The SMILES string of the molecule is C=CCn1c(C)nnc1SCc1nc(-c2cc(Br)cs2)no1. The molecular weight excluding hydrogens is 386 g/mol. The standard InChI is InChI=1S/C13H12BrN5OS2/c1-3-4-19-8(2)16-17-13(19)22-7-11-15-12(18-20-11)10-5-9(14)6-21-10/h3,5-6H,1,4,7H2,2H3. The molecule has 0 amide bonds. The summed E-state index contributed by atoms with van der Waals surface area (Å²) in [6, 6.07) is 1.97. The van der Waals surface area contributed by atoms with Crippen molar-refractivity contribution in [3.63, 3.8) is 0 Å². The van der Waals surface area contributed by atoms with Gasteiger partial charge in [0.05, 0.1) is 10.6 Å². The van der Waals surface area contributed by atoms with Gasteiger partial charge in [-0.2, -0.15) is 4.98 Å². The first-order valence-corrected chi connectivity index (χ1v) is 9.03. The molecular formula is C13H12BrN5OS2. The Balaban J connectivity index is 1.70. The fraction of sp³-hybridized carbons (Fsp3) is 0.231. The van der Waals surface area contributed by atoms with E-state index in [0.29, 0.717) is 24.0 Å². The van der Waals surface area contributed by atoms with Gasteiger partial charge in [0.1, 0.15) is 5.82 Å². The highest BCUT2D eigenvalue weighted by Gasteiger charge is 2.13. The maximum absolute atomic E-state index is 5.29. The van der Waals surface area contributed by atoms with Crippen LogP contribution in [0.2, 0.25) is 0 Å². The number of aryl methyl sites for hydroxylation is 1. The lowest BCUT2D eigenvalue weighted by Gasteiger charge is -2.03. The second kappa shape index (κ2) is 6.76. The molecule has 0 aliphatic rings. The Morgan fingerprint density at radius 1 is 1.50 bits per heavy atom. The minimum Gasteiger partial charge on any atom is -0.338 e. The van der Waals surface area contributed by atoms with Crippen molar-refractivity contribution in [3.8, 4) is 10.7 Å². The van der Waals surface area contributed by atoms with Crippen molar-refractivity contribution in [1.82, 2.24) is 24.9 Å². The molecule has 9 heteroatoms. The molecule has 22 heavy (non-hydrogen) atoms. The summed E-state index contributed by atoms with van der Waals surface area (Å²) in [7, 11) is 0. The second-order valence-corrected chi connectivity index (χ2v) is 7.13. The van der Waals surface area contributed by atoms with Gasteiger partial charge in [0, 0.05) is 16.4 Å². The fourth-order valence-corrected chi connectivity index (χ4v) is 3.96. The van der Waals surface area contributed by atoms with Crippen molar-refractivity contribution < 1.29 is 4.52 Å². The number of halogens is 1. The molecule has 0 spiro atoms. The molecule has 3 heterocycles. The molecule has 0 saturated carbocycles. The largest absolute Gasteiger partial charge is 0.338 e. The normalized spacial score (nSPS) is 11.0. The molecule has 0 aromatic carbocycles. The highest BCUT2D eigenvalue weighted by atomic mass is 79.9. The average Bonchev–Trinajstić information content (AvgIpc) is 3.20. The van der Waals surface area contributed by atoms with Crippen LogP contribution in [0.4, 0.5) is 0 Å². The zero-order valence-corrected chi connectivity index (χ0v) is 14.9. The summed E-state index contributed by atoms with van der Waals surface area (Å²) >= 11 is 6.50. The van der Waals surface area contributed by atoms with E-state index in [9.17, 15) is 0 Å². The van der Waals surface area contributed by atoms with Crippen LogP contribution in [0.25, 0.3) is 10.7 Å². The van der Waals surface area contributed by atoms with E-state index in [-0.39, 0.29) is 0 Å². The van der Waals surface area contributed by atoms with Crippen LogP contribution < -0.4 is 0 Å². The summed E-state index contributed by atoms with van der Waals surface area (Å²) < 4.78 is 8.29. The Morgan fingerprint density at radius 3 is 3.09 bits per heavy atom. The number of allylic oxidation sites excluding steroid dienone is 1. The van der Waals surface area contributed by atoms with Crippen LogP contribution in [0.3, 0.4) is 0 Å². The van der Waals surface area contributed by atoms with Crippen molar-refractivity contribution in [2.24, 2.45) is 0 Å². The topological polar surface area (TPSA) is 69.6 Å². The lowest BCUT2D eigenvalue weighted by molar-refractivity contribution is 0.391. The molecule has 0 atom stereocenters.